The third-order valence-electron chi connectivity index (χ3n) is 3.15. The van der Waals surface area contributed by atoms with Crippen LogP contribution >= 0.6 is 0 Å². The first-order valence-corrected chi connectivity index (χ1v) is 4.97. The first-order valence-electron chi connectivity index (χ1n) is 4.97. The molecule has 0 unspecified atom stereocenters. The van der Waals surface area contributed by atoms with Crippen molar-refractivity contribution >= 4 is 0 Å². The molecule has 1 fully saturated rings. The third kappa shape index (κ3) is 1.61. The van der Waals surface area contributed by atoms with E-state index < -0.39 is 0 Å². The molecular formula is C10H17N3. The molecule has 3 heteroatoms. The highest BCUT2D eigenvalue weighted by atomic mass is 14.9. The lowest BCUT2D eigenvalue weighted by molar-refractivity contribution is 0.270. The van der Waals surface area contributed by atoms with Crippen molar-refractivity contribution in [3.05, 3.63) is 18.2 Å². The quantitative estimate of drug-likeness (QED) is 0.690. The molecule has 0 aliphatic heterocycles. The molecule has 1 aromatic heterocycles. The first-order chi connectivity index (χ1) is 6.20. The minimum absolute atomic E-state index is 0.0508. The number of H-pyrrole nitrogens is 1. The van der Waals surface area contributed by atoms with Crippen molar-refractivity contribution in [2.45, 2.75) is 44.1 Å². The van der Waals surface area contributed by atoms with Gasteiger partial charge in [0.15, 0.2) is 0 Å². The second-order valence-corrected chi connectivity index (χ2v) is 4.31. The van der Waals surface area contributed by atoms with E-state index in [2.05, 4.69) is 16.9 Å². The summed E-state index contributed by atoms with van der Waals surface area (Å²) in [5.41, 5.74) is 7.41. The van der Waals surface area contributed by atoms with Gasteiger partial charge < -0.3 is 10.7 Å². The van der Waals surface area contributed by atoms with E-state index in [0.29, 0.717) is 5.92 Å². The van der Waals surface area contributed by atoms with E-state index in [0.717, 1.165) is 6.42 Å². The van der Waals surface area contributed by atoms with Gasteiger partial charge >= 0.3 is 0 Å². The highest BCUT2D eigenvalue weighted by molar-refractivity contribution is 5.13. The number of hydrogen-bond donors (Lipinski definition) is 2. The van der Waals surface area contributed by atoms with E-state index in [-0.39, 0.29) is 5.54 Å². The molecular weight excluding hydrogens is 162 g/mol. The van der Waals surface area contributed by atoms with Crippen LogP contribution in [0.15, 0.2) is 12.5 Å². The van der Waals surface area contributed by atoms with Crippen LogP contribution in [0, 0.1) is 0 Å². The van der Waals surface area contributed by atoms with Gasteiger partial charge in [0.1, 0.15) is 0 Å². The fourth-order valence-corrected chi connectivity index (χ4v) is 2.33. The molecule has 0 radical (unpaired) electrons. The summed E-state index contributed by atoms with van der Waals surface area (Å²) in [5.74, 6) is 0.462. The average Bonchev–Trinajstić information content (AvgIpc) is 2.55. The van der Waals surface area contributed by atoms with Crippen molar-refractivity contribution < 1.29 is 0 Å². The van der Waals surface area contributed by atoms with Gasteiger partial charge in [-0.15, -0.1) is 0 Å². The van der Waals surface area contributed by atoms with Gasteiger partial charge in [-0.1, -0.05) is 12.8 Å². The molecule has 2 atom stereocenters. The zero-order valence-electron chi connectivity index (χ0n) is 8.09. The molecule has 72 valence electrons. The molecule has 2 rings (SSSR count). The summed E-state index contributed by atoms with van der Waals surface area (Å²) in [7, 11) is 0. The Hall–Kier alpha value is -0.830. The number of aromatic amines is 1. The summed E-state index contributed by atoms with van der Waals surface area (Å²) < 4.78 is 0. The van der Waals surface area contributed by atoms with Crippen LogP contribution in [-0.4, -0.2) is 15.5 Å². The Morgan fingerprint density at radius 3 is 3.08 bits per heavy atom. The highest BCUT2D eigenvalue weighted by Gasteiger charge is 2.34. The standard InChI is InChI=1S/C10H17N3/c1-10(11)5-3-2-4-8(10)9-6-12-7-13-9/h6-8H,2-5,11H2,1H3,(H,12,13)/t8-,10-/m1/s1. The SMILES string of the molecule is C[C@@]1(N)CCCC[C@@H]1c1cnc[nH]1. The van der Waals surface area contributed by atoms with Gasteiger partial charge in [-0.2, -0.15) is 0 Å². The zero-order valence-corrected chi connectivity index (χ0v) is 8.09. The van der Waals surface area contributed by atoms with Crippen molar-refractivity contribution in [2.75, 3.05) is 0 Å². The number of hydrogen-bond acceptors (Lipinski definition) is 2. The molecule has 1 aliphatic carbocycles. The van der Waals surface area contributed by atoms with Crippen LogP contribution in [0.4, 0.5) is 0 Å². The second-order valence-electron chi connectivity index (χ2n) is 4.31. The summed E-state index contributed by atoms with van der Waals surface area (Å²) in [6, 6.07) is 0. The molecule has 3 N–H and O–H groups in total. The van der Waals surface area contributed by atoms with Gasteiger partial charge in [-0.05, 0) is 19.8 Å². The number of imidazole rings is 1. The minimum atomic E-state index is -0.0508. The predicted octanol–water partition coefficient (Wildman–Crippen LogP) is 1.78. The molecule has 1 aromatic rings. The lowest BCUT2D eigenvalue weighted by Crippen LogP contribution is -2.44. The molecule has 13 heavy (non-hydrogen) atoms. The van der Waals surface area contributed by atoms with E-state index in [1.807, 2.05) is 6.20 Å². The zero-order chi connectivity index (χ0) is 9.31. The largest absolute Gasteiger partial charge is 0.348 e. The maximum Gasteiger partial charge on any atom is 0.0921 e. The van der Waals surface area contributed by atoms with Gasteiger partial charge in [0.2, 0.25) is 0 Å². The molecule has 0 spiro atoms. The lowest BCUT2D eigenvalue weighted by Gasteiger charge is -2.37. The lowest BCUT2D eigenvalue weighted by atomic mass is 9.73. The summed E-state index contributed by atoms with van der Waals surface area (Å²) in [6.45, 7) is 2.15. The summed E-state index contributed by atoms with van der Waals surface area (Å²) in [4.78, 5) is 7.22. The summed E-state index contributed by atoms with van der Waals surface area (Å²) in [6.07, 6.45) is 8.50. The maximum absolute atomic E-state index is 6.27. The molecule has 3 nitrogen and oxygen atoms in total. The first kappa shape index (κ1) is 8.75. The van der Waals surface area contributed by atoms with Crippen LogP contribution in [0.1, 0.15) is 44.2 Å². The number of rotatable bonds is 1. The van der Waals surface area contributed by atoms with Crippen molar-refractivity contribution in [3.63, 3.8) is 0 Å². The molecule has 0 bridgehead atoms. The summed E-state index contributed by atoms with van der Waals surface area (Å²) >= 11 is 0. The Morgan fingerprint density at radius 2 is 2.46 bits per heavy atom. The smallest absolute Gasteiger partial charge is 0.0921 e. The van der Waals surface area contributed by atoms with Crippen LogP contribution in [0.3, 0.4) is 0 Å². The molecule has 0 aromatic carbocycles. The molecule has 1 saturated carbocycles. The van der Waals surface area contributed by atoms with Gasteiger partial charge in [-0.3, -0.25) is 0 Å². The third-order valence-corrected chi connectivity index (χ3v) is 3.15. The Balaban J connectivity index is 2.21. The molecule has 0 saturated heterocycles. The van der Waals surface area contributed by atoms with E-state index in [1.165, 1.54) is 25.0 Å². The number of nitrogens with one attached hydrogen (secondary N) is 1. The Labute approximate surface area is 78.7 Å². The number of aromatic nitrogens is 2. The minimum Gasteiger partial charge on any atom is -0.348 e. The van der Waals surface area contributed by atoms with Crippen molar-refractivity contribution in [1.29, 1.82) is 0 Å². The van der Waals surface area contributed by atoms with Crippen LogP contribution < -0.4 is 5.73 Å². The fourth-order valence-electron chi connectivity index (χ4n) is 2.33. The number of nitrogens with two attached hydrogens (primary N) is 1. The predicted molar refractivity (Wildman–Crippen MR) is 52.4 cm³/mol. The highest BCUT2D eigenvalue weighted by Crippen LogP contribution is 2.37. The normalized spacial score (nSPS) is 34.8. The van der Waals surface area contributed by atoms with Crippen molar-refractivity contribution in [3.8, 4) is 0 Å². The van der Waals surface area contributed by atoms with Crippen molar-refractivity contribution in [2.24, 2.45) is 5.73 Å². The Bertz CT molecular complexity index is 264. The van der Waals surface area contributed by atoms with Crippen LogP contribution in [0.5, 0.6) is 0 Å². The fraction of sp³-hybridized carbons (Fsp3) is 0.700. The van der Waals surface area contributed by atoms with Crippen LogP contribution in [-0.2, 0) is 0 Å². The Morgan fingerprint density at radius 1 is 1.62 bits per heavy atom. The van der Waals surface area contributed by atoms with Crippen LogP contribution in [0.2, 0.25) is 0 Å². The monoisotopic (exact) mass is 179 g/mol. The van der Waals surface area contributed by atoms with Gasteiger partial charge in [0.05, 0.1) is 6.33 Å². The van der Waals surface area contributed by atoms with E-state index in [4.69, 9.17) is 5.73 Å². The Kier molecular flexibility index (Phi) is 2.12. The molecule has 1 heterocycles. The summed E-state index contributed by atoms with van der Waals surface area (Å²) in [5, 5.41) is 0. The van der Waals surface area contributed by atoms with Crippen LogP contribution in [0.25, 0.3) is 0 Å². The molecule has 0 amide bonds. The second kappa shape index (κ2) is 3.14. The van der Waals surface area contributed by atoms with E-state index >= 15 is 0 Å². The van der Waals surface area contributed by atoms with E-state index in [1.54, 1.807) is 6.33 Å². The van der Waals surface area contributed by atoms with E-state index in [9.17, 15) is 0 Å². The maximum atomic E-state index is 6.27. The molecule has 1 aliphatic rings. The van der Waals surface area contributed by atoms with Gasteiger partial charge in [0, 0.05) is 23.3 Å². The van der Waals surface area contributed by atoms with Crippen molar-refractivity contribution in [1.82, 2.24) is 9.97 Å². The topological polar surface area (TPSA) is 54.7 Å². The van der Waals surface area contributed by atoms with Gasteiger partial charge in [-0.25, -0.2) is 4.98 Å². The average molecular weight is 179 g/mol. The number of nitrogens with zero attached hydrogens (tertiary/aromatic N) is 1. The van der Waals surface area contributed by atoms with Gasteiger partial charge in [0.25, 0.3) is 0 Å².